The Morgan fingerprint density at radius 2 is 2.10 bits per heavy atom. The Kier molecular flexibility index (Phi) is 2.60. The SMILES string of the molecule is O=C1CCCCC/C=C\1F. The lowest BCUT2D eigenvalue weighted by Gasteiger charge is -2.02. The van der Waals surface area contributed by atoms with E-state index in [0.717, 1.165) is 25.7 Å². The van der Waals surface area contributed by atoms with Gasteiger partial charge in [0, 0.05) is 6.42 Å². The minimum atomic E-state index is -0.528. The lowest BCUT2D eigenvalue weighted by molar-refractivity contribution is -0.117. The van der Waals surface area contributed by atoms with Gasteiger partial charge in [0.05, 0.1) is 0 Å². The summed E-state index contributed by atoms with van der Waals surface area (Å²) in [5.41, 5.74) is 0. The number of carbonyl (C=O) groups excluding carboxylic acids is 1. The maximum atomic E-state index is 12.5. The smallest absolute Gasteiger partial charge is 0.190 e. The molecule has 0 saturated heterocycles. The highest BCUT2D eigenvalue weighted by Gasteiger charge is 2.09. The first kappa shape index (κ1) is 7.45. The van der Waals surface area contributed by atoms with Gasteiger partial charge in [-0.05, 0) is 25.3 Å². The van der Waals surface area contributed by atoms with E-state index < -0.39 is 5.83 Å². The molecule has 0 unspecified atom stereocenters. The maximum absolute atomic E-state index is 12.5. The lowest BCUT2D eigenvalue weighted by Crippen LogP contribution is -2.00. The van der Waals surface area contributed by atoms with Gasteiger partial charge >= 0.3 is 0 Å². The van der Waals surface area contributed by atoms with E-state index in [2.05, 4.69) is 0 Å². The molecule has 0 radical (unpaired) electrons. The third kappa shape index (κ3) is 1.94. The maximum Gasteiger partial charge on any atom is 0.190 e. The molecule has 1 nitrogen and oxygen atoms in total. The van der Waals surface area contributed by atoms with E-state index in [0.29, 0.717) is 6.42 Å². The quantitative estimate of drug-likeness (QED) is 0.507. The molecule has 56 valence electrons. The van der Waals surface area contributed by atoms with Crippen molar-refractivity contribution in [3.05, 3.63) is 11.9 Å². The highest BCUT2D eigenvalue weighted by atomic mass is 19.1. The average molecular weight is 142 g/mol. The summed E-state index contributed by atoms with van der Waals surface area (Å²) in [6, 6.07) is 0. The van der Waals surface area contributed by atoms with E-state index in [1.807, 2.05) is 0 Å². The second-order valence-electron chi connectivity index (χ2n) is 2.57. The first-order valence-corrected chi connectivity index (χ1v) is 3.69. The zero-order valence-corrected chi connectivity index (χ0v) is 5.90. The highest BCUT2D eigenvalue weighted by Crippen LogP contribution is 2.14. The summed E-state index contributed by atoms with van der Waals surface area (Å²) in [5.74, 6) is -0.848. The second-order valence-corrected chi connectivity index (χ2v) is 2.57. The van der Waals surface area contributed by atoms with Crippen molar-refractivity contribution in [1.82, 2.24) is 0 Å². The van der Waals surface area contributed by atoms with Crippen molar-refractivity contribution in [2.45, 2.75) is 32.1 Å². The van der Waals surface area contributed by atoms with Gasteiger partial charge in [-0.1, -0.05) is 6.42 Å². The van der Waals surface area contributed by atoms with E-state index >= 15 is 0 Å². The fourth-order valence-corrected chi connectivity index (χ4v) is 1.07. The molecule has 0 aromatic carbocycles. The molecule has 0 fully saturated rings. The predicted octanol–water partition coefficient (Wildman–Crippen LogP) is 2.37. The number of allylic oxidation sites excluding steroid dienone is 2. The molecule has 0 heterocycles. The zero-order valence-electron chi connectivity index (χ0n) is 5.90. The number of hydrogen-bond acceptors (Lipinski definition) is 1. The molecule has 1 aliphatic carbocycles. The van der Waals surface area contributed by atoms with Gasteiger partial charge in [0.15, 0.2) is 11.6 Å². The van der Waals surface area contributed by atoms with E-state index in [4.69, 9.17) is 0 Å². The Hall–Kier alpha value is -0.660. The van der Waals surface area contributed by atoms with Crippen LogP contribution in [0.3, 0.4) is 0 Å². The third-order valence-electron chi connectivity index (χ3n) is 1.70. The van der Waals surface area contributed by atoms with Gasteiger partial charge in [0.25, 0.3) is 0 Å². The van der Waals surface area contributed by atoms with Crippen LogP contribution in [-0.4, -0.2) is 5.78 Å². The Labute approximate surface area is 59.9 Å². The van der Waals surface area contributed by atoms with Crippen LogP contribution < -0.4 is 0 Å². The molecule has 1 rings (SSSR count). The second kappa shape index (κ2) is 3.49. The summed E-state index contributed by atoms with van der Waals surface area (Å²) in [4.78, 5) is 10.7. The van der Waals surface area contributed by atoms with Crippen molar-refractivity contribution < 1.29 is 9.18 Å². The highest BCUT2D eigenvalue weighted by molar-refractivity contribution is 5.93. The molecule has 0 aromatic heterocycles. The molecule has 0 aliphatic heterocycles. The number of hydrogen-bond donors (Lipinski definition) is 0. The summed E-state index contributed by atoms with van der Waals surface area (Å²) in [6.45, 7) is 0. The standard InChI is InChI=1S/C8H11FO/c9-7-5-3-1-2-4-6-8(7)10/h5H,1-4,6H2/b7-5+. The fourth-order valence-electron chi connectivity index (χ4n) is 1.07. The van der Waals surface area contributed by atoms with E-state index in [1.165, 1.54) is 6.08 Å². The Morgan fingerprint density at radius 1 is 1.30 bits per heavy atom. The third-order valence-corrected chi connectivity index (χ3v) is 1.70. The Balaban J connectivity index is 2.56. The van der Waals surface area contributed by atoms with E-state index in [-0.39, 0.29) is 5.78 Å². The summed E-state index contributed by atoms with van der Waals surface area (Å²) in [7, 11) is 0. The molecule has 1 aliphatic rings. The van der Waals surface area contributed by atoms with Crippen LogP contribution in [0.1, 0.15) is 32.1 Å². The van der Waals surface area contributed by atoms with Gasteiger partial charge < -0.3 is 0 Å². The minimum absolute atomic E-state index is 0.320. The van der Waals surface area contributed by atoms with Crippen LogP contribution in [0.25, 0.3) is 0 Å². The number of Topliss-reactive ketones (excluding diaryl/α,β-unsaturated/α-hetero) is 1. The fraction of sp³-hybridized carbons (Fsp3) is 0.625. The molecular weight excluding hydrogens is 131 g/mol. The van der Waals surface area contributed by atoms with Crippen LogP contribution in [0.4, 0.5) is 4.39 Å². The summed E-state index contributed by atoms with van der Waals surface area (Å²) in [5, 5.41) is 0. The summed E-state index contributed by atoms with van der Waals surface area (Å²) in [6.07, 6.45) is 5.43. The van der Waals surface area contributed by atoms with Crippen molar-refractivity contribution in [1.29, 1.82) is 0 Å². The van der Waals surface area contributed by atoms with Crippen molar-refractivity contribution in [3.8, 4) is 0 Å². The molecule has 0 saturated carbocycles. The van der Waals surface area contributed by atoms with Crippen LogP contribution in [0.5, 0.6) is 0 Å². The normalized spacial score (nSPS) is 26.5. The molecule has 0 atom stereocenters. The van der Waals surface area contributed by atoms with Crippen molar-refractivity contribution in [2.75, 3.05) is 0 Å². The Morgan fingerprint density at radius 3 is 2.90 bits per heavy atom. The van der Waals surface area contributed by atoms with Crippen molar-refractivity contribution in [2.24, 2.45) is 0 Å². The number of halogens is 1. The predicted molar refractivity (Wildman–Crippen MR) is 37.3 cm³/mol. The first-order chi connectivity index (χ1) is 4.80. The van der Waals surface area contributed by atoms with Gasteiger partial charge in [-0.25, -0.2) is 4.39 Å². The number of carbonyl (C=O) groups is 1. The first-order valence-electron chi connectivity index (χ1n) is 3.69. The minimum Gasteiger partial charge on any atom is -0.292 e. The molecule has 0 bridgehead atoms. The average Bonchev–Trinajstić information content (AvgIpc) is 1.92. The van der Waals surface area contributed by atoms with Gasteiger partial charge in [-0.15, -0.1) is 0 Å². The molecule has 0 spiro atoms. The van der Waals surface area contributed by atoms with Gasteiger partial charge in [-0.3, -0.25) is 4.79 Å². The zero-order chi connectivity index (χ0) is 7.40. The van der Waals surface area contributed by atoms with Crippen LogP contribution >= 0.6 is 0 Å². The molecule has 10 heavy (non-hydrogen) atoms. The van der Waals surface area contributed by atoms with E-state index in [9.17, 15) is 9.18 Å². The van der Waals surface area contributed by atoms with Gasteiger partial charge in [0.1, 0.15) is 0 Å². The molecule has 0 N–H and O–H groups in total. The van der Waals surface area contributed by atoms with Gasteiger partial charge in [0.2, 0.25) is 0 Å². The molecule has 0 aromatic rings. The van der Waals surface area contributed by atoms with Crippen LogP contribution in [0.15, 0.2) is 11.9 Å². The molecule has 0 amide bonds. The van der Waals surface area contributed by atoms with Crippen LogP contribution in [-0.2, 0) is 4.79 Å². The number of ketones is 1. The van der Waals surface area contributed by atoms with Crippen LogP contribution in [0.2, 0.25) is 0 Å². The monoisotopic (exact) mass is 142 g/mol. The van der Waals surface area contributed by atoms with Crippen molar-refractivity contribution >= 4 is 5.78 Å². The Bertz CT molecular complexity index is 161. The van der Waals surface area contributed by atoms with Crippen molar-refractivity contribution in [3.63, 3.8) is 0 Å². The van der Waals surface area contributed by atoms with E-state index in [1.54, 1.807) is 0 Å². The molecular formula is C8H11FO. The summed E-state index contributed by atoms with van der Waals surface area (Å²) < 4.78 is 12.5. The number of rotatable bonds is 0. The molecule has 2 heteroatoms. The summed E-state index contributed by atoms with van der Waals surface area (Å²) >= 11 is 0. The van der Waals surface area contributed by atoms with Crippen LogP contribution in [0, 0.1) is 0 Å². The largest absolute Gasteiger partial charge is 0.292 e. The lowest BCUT2D eigenvalue weighted by atomic mass is 10.0. The van der Waals surface area contributed by atoms with Gasteiger partial charge in [-0.2, -0.15) is 0 Å². The topological polar surface area (TPSA) is 17.1 Å².